The van der Waals surface area contributed by atoms with Crippen molar-refractivity contribution in [2.24, 2.45) is 10.4 Å². The second kappa shape index (κ2) is 12.3. The van der Waals surface area contributed by atoms with E-state index in [0.717, 1.165) is 25.3 Å². The van der Waals surface area contributed by atoms with Gasteiger partial charge in [0, 0.05) is 45.6 Å². The average molecular weight is 505 g/mol. The number of hydrogen-bond acceptors (Lipinski definition) is 4. The zero-order valence-electron chi connectivity index (χ0n) is 17.7. The molecule has 0 radical (unpaired) electrons. The molecule has 1 aliphatic rings. The van der Waals surface area contributed by atoms with E-state index in [1.165, 1.54) is 25.7 Å². The fourth-order valence-electron chi connectivity index (χ4n) is 3.68. The van der Waals surface area contributed by atoms with Crippen LogP contribution in [0.2, 0.25) is 0 Å². The Labute approximate surface area is 186 Å². The number of likely N-dealkylation sites (N-methyl/N-ethyl adjacent to an activating group) is 1. The van der Waals surface area contributed by atoms with Gasteiger partial charge in [-0.25, -0.2) is 4.99 Å². The molecule has 1 aromatic heterocycles. The number of guanidine groups is 1. The van der Waals surface area contributed by atoms with E-state index in [2.05, 4.69) is 34.6 Å². The lowest BCUT2D eigenvalue weighted by Gasteiger charge is -2.33. The molecule has 0 spiro atoms. The number of rotatable bonds is 9. The van der Waals surface area contributed by atoms with Crippen molar-refractivity contribution in [1.82, 2.24) is 20.4 Å². The summed E-state index contributed by atoms with van der Waals surface area (Å²) in [5.41, 5.74) is 0.276. The number of nitrogens with zero attached hydrogens (tertiary/aromatic N) is 3. The number of furan rings is 1. The van der Waals surface area contributed by atoms with E-state index in [0.29, 0.717) is 12.5 Å². The van der Waals surface area contributed by atoms with Crippen LogP contribution in [0.1, 0.15) is 31.4 Å². The van der Waals surface area contributed by atoms with Crippen LogP contribution in [0.3, 0.4) is 0 Å². The third-order valence-corrected chi connectivity index (χ3v) is 5.06. The van der Waals surface area contributed by atoms with Gasteiger partial charge in [0.25, 0.3) is 0 Å². The van der Waals surface area contributed by atoms with Crippen LogP contribution in [0.25, 0.3) is 0 Å². The Morgan fingerprint density at radius 3 is 2.50 bits per heavy atom. The first-order valence-electron chi connectivity index (χ1n) is 9.80. The molecule has 28 heavy (non-hydrogen) atoms. The molecule has 0 aliphatic heterocycles. The summed E-state index contributed by atoms with van der Waals surface area (Å²) in [7, 11) is 7.76. The SMILES string of the molecule is CN(C)CC1(CNC(=NCC(=O)N(C)C)NCCc2ccco2)CCCC1.I. The molecule has 1 aromatic rings. The first-order chi connectivity index (χ1) is 12.9. The van der Waals surface area contributed by atoms with Crippen LogP contribution in [-0.2, 0) is 11.2 Å². The van der Waals surface area contributed by atoms with Gasteiger partial charge in [-0.1, -0.05) is 12.8 Å². The van der Waals surface area contributed by atoms with Crippen LogP contribution < -0.4 is 10.6 Å². The standard InChI is InChI=1S/C20H35N5O2.HI/c1-24(2)16-20(10-5-6-11-20)15-23-19(22-14-18(26)25(3)4)21-12-9-17-8-7-13-27-17;/h7-8,13H,5-6,9-12,14-16H2,1-4H3,(H2,21,22,23);1H. The Kier molecular flexibility index (Phi) is 10.9. The number of amides is 1. The normalized spacial score (nSPS) is 16.0. The number of halogens is 1. The number of nitrogens with one attached hydrogen (secondary N) is 2. The maximum absolute atomic E-state index is 11.9. The van der Waals surface area contributed by atoms with Crippen molar-refractivity contribution in [2.45, 2.75) is 32.1 Å². The molecule has 2 rings (SSSR count). The third kappa shape index (κ3) is 8.38. The predicted molar refractivity (Wildman–Crippen MR) is 124 cm³/mol. The minimum atomic E-state index is -0.00833. The van der Waals surface area contributed by atoms with Crippen LogP contribution in [0.5, 0.6) is 0 Å². The Bertz CT molecular complexity index is 596. The van der Waals surface area contributed by atoms with Crippen LogP contribution in [0.4, 0.5) is 0 Å². The molecule has 0 aromatic carbocycles. The lowest BCUT2D eigenvalue weighted by atomic mass is 9.85. The number of aliphatic imine (C=N–C) groups is 1. The zero-order chi connectivity index (χ0) is 19.7. The summed E-state index contributed by atoms with van der Waals surface area (Å²) in [4.78, 5) is 20.2. The van der Waals surface area contributed by atoms with E-state index < -0.39 is 0 Å². The summed E-state index contributed by atoms with van der Waals surface area (Å²) in [5, 5.41) is 6.83. The van der Waals surface area contributed by atoms with E-state index in [4.69, 9.17) is 4.42 Å². The molecule has 0 unspecified atom stereocenters. The Balaban J connectivity index is 0.00000392. The maximum atomic E-state index is 11.9. The topological polar surface area (TPSA) is 73.1 Å². The summed E-state index contributed by atoms with van der Waals surface area (Å²) in [6.45, 7) is 2.78. The lowest BCUT2D eigenvalue weighted by molar-refractivity contribution is -0.127. The van der Waals surface area contributed by atoms with Gasteiger partial charge >= 0.3 is 0 Å². The van der Waals surface area contributed by atoms with Gasteiger partial charge in [0.1, 0.15) is 12.3 Å². The van der Waals surface area contributed by atoms with Gasteiger partial charge in [0.05, 0.1) is 6.26 Å². The molecule has 160 valence electrons. The molecule has 0 atom stereocenters. The molecule has 0 saturated heterocycles. The maximum Gasteiger partial charge on any atom is 0.243 e. The highest BCUT2D eigenvalue weighted by molar-refractivity contribution is 14.0. The number of carbonyl (C=O) groups is 1. The monoisotopic (exact) mass is 505 g/mol. The molecule has 1 aliphatic carbocycles. The first kappa shape index (κ1) is 24.7. The fraction of sp³-hybridized carbons (Fsp3) is 0.700. The second-order valence-electron chi connectivity index (χ2n) is 8.01. The summed E-state index contributed by atoms with van der Waals surface area (Å²) in [6.07, 6.45) is 7.49. The minimum Gasteiger partial charge on any atom is -0.469 e. The van der Waals surface area contributed by atoms with Crippen molar-refractivity contribution < 1.29 is 9.21 Å². The predicted octanol–water partition coefficient (Wildman–Crippen LogP) is 2.19. The molecule has 1 amide bonds. The van der Waals surface area contributed by atoms with Crippen LogP contribution in [0.15, 0.2) is 27.8 Å². The van der Waals surface area contributed by atoms with E-state index in [1.807, 2.05) is 12.1 Å². The average Bonchev–Trinajstić information content (AvgIpc) is 3.28. The van der Waals surface area contributed by atoms with Gasteiger partial charge in [-0.3, -0.25) is 4.79 Å². The van der Waals surface area contributed by atoms with Crippen LogP contribution >= 0.6 is 24.0 Å². The van der Waals surface area contributed by atoms with Crippen molar-refractivity contribution in [3.05, 3.63) is 24.2 Å². The van der Waals surface area contributed by atoms with Crippen molar-refractivity contribution in [3.63, 3.8) is 0 Å². The number of hydrogen-bond donors (Lipinski definition) is 2. The second-order valence-corrected chi connectivity index (χ2v) is 8.01. The highest BCUT2D eigenvalue weighted by Gasteiger charge is 2.34. The summed E-state index contributed by atoms with van der Waals surface area (Å²) < 4.78 is 5.38. The largest absolute Gasteiger partial charge is 0.469 e. The van der Waals surface area contributed by atoms with Gasteiger partial charge < -0.3 is 24.9 Å². The Hall–Kier alpha value is -1.29. The summed E-state index contributed by atoms with van der Waals surface area (Å²) in [5.74, 6) is 1.62. The molecule has 7 nitrogen and oxygen atoms in total. The Morgan fingerprint density at radius 2 is 1.93 bits per heavy atom. The lowest BCUT2D eigenvalue weighted by Crippen LogP contribution is -2.47. The van der Waals surface area contributed by atoms with Crippen molar-refractivity contribution >= 4 is 35.8 Å². The van der Waals surface area contributed by atoms with E-state index >= 15 is 0 Å². The van der Waals surface area contributed by atoms with Gasteiger partial charge in [-0.2, -0.15) is 0 Å². The molecular formula is C20H36IN5O2. The molecule has 1 heterocycles. The molecule has 1 fully saturated rings. The zero-order valence-corrected chi connectivity index (χ0v) is 20.0. The molecular weight excluding hydrogens is 469 g/mol. The molecule has 2 N–H and O–H groups in total. The van der Waals surface area contributed by atoms with Crippen LogP contribution in [0, 0.1) is 5.41 Å². The van der Waals surface area contributed by atoms with Crippen LogP contribution in [-0.4, -0.2) is 76.0 Å². The molecule has 0 bridgehead atoms. The number of carbonyl (C=O) groups excluding carboxylic acids is 1. The van der Waals surface area contributed by atoms with Gasteiger partial charge in [-0.05, 0) is 39.1 Å². The Morgan fingerprint density at radius 1 is 1.21 bits per heavy atom. The van der Waals surface area contributed by atoms with Crippen molar-refractivity contribution in [3.8, 4) is 0 Å². The van der Waals surface area contributed by atoms with E-state index in [9.17, 15) is 4.79 Å². The highest BCUT2D eigenvalue weighted by atomic mass is 127. The summed E-state index contributed by atoms with van der Waals surface area (Å²) in [6, 6.07) is 3.86. The third-order valence-electron chi connectivity index (χ3n) is 5.06. The van der Waals surface area contributed by atoms with Crippen molar-refractivity contribution in [2.75, 3.05) is 54.4 Å². The molecule has 1 saturated carbocycles. The van der Waals surface area contributed by atoms with Crippen molar-refractivity contribution in [1.29, 1.82) is 0 Å². The van der Waals surface area contributed by atoms with E-state index in [-0.39, 0.29) is 41.8 Å². The van der Waals surface area contributed by atoms with E-state index in [1.54, 1.807) is 25.3 Å². The first-order valence-corrected chi connectivity index (χ1v) is 9.80. The van der Waals surface area contributed by atoms with Gasteiger partial charge in [-0.15, -0.1) is 24.0 Å². The minimum absolute atomic E-state index is 0. The fourth-order valence-corrected chi connectivity index (χ4v) is 3.68. The van der Waals surface area contributed by atoms with Gasteiger partial charge in [0.2, 0.25) is 5.91 Å². The highest BCUT2D eigenvalue weighted by Crippen LogP contribution is 2.37. The smallest absolute Gasteiger partial charge is 0.243 e. The quantitative estimate of drug-likeness (QED) is 0.306. The van der Waals surface area contributed by atoms with Gasteiger partial charge in [0.15, 0.2) is 5.96 Å². The molecule has 8 heteroatoms. The summed E-state index contributed by atoms with van der Waals surface area (Å²) >= 11 is 0.